The Labute approximate surface area is 168 Å². The predicted octanol–water partition coefficient (Wildman–Crippen LogP) is 2.46. The molecular weight excluding hydrogens is 407 g/mol. The van der Waals surface area contributed by atoms with Crippen LogP contribution in [0.2, 0.25) is 0 Å². The zero-order valence-electron chi connectivity index (χ0n) is 16.0. The molecule has 0 bridgehead atoms. The van der Waals surface area contributed by atoms with E-state index in [1.807, 2.05) is 0 Å². The average molecular weight is 431 g/mol. The van der Waals surface area contributed by atoms with E-state index in [0.717, 1.165) is 51.4 Å². The minimum Gasteiger partial charge on any atom is -0.381 e. The fourth-order valence-electron chi connectivity index (χ4n) is 4.88. The number of alkyl halides is 3. The standard InChI is InChI=1S/C19H24F3N3O3S/c20-19(21,22)17-7-15(13-1-2-13)16(8-23-17)29(26,27)25-11-18(12-25)9-24(10-18)14-3-5-28-6-4-14/h7-8,13-14H,1-6,9-12H2. The molecule has 1 aromatic heterocycles. The van der Waals surface area contributed by atoms with E-state index in [1.165, 1.54) is 4.31 Å². The maximum absolute atomic E-state index is 13.1. The van der Waals surface area contributed by atoms with E-state index in [-0.39, 0.29) is 21.8 Å². The molecular formula is C19H24F3N3O3S. The Morgan fingerprint density at radius 3 is 2.31 bits per heavy atom. The van der Waals surface area contributed by atoms with Gasteiger partial charge in [-0.25, -0.2) is 8.42 Å². The van der Waals surface area contributed by atoms with Crippen LogP contribution in [0.1, 0.15) is 42.9 Å². The van der Waals surface area contributed by atoms with Crippen LogP contribution >= 0.6 is 0 Å². The lowest BCUT2D eigenvalue weighted by Crippen LogP contribution is -2.74. The summed E-state index contributed by atoms with van der Waals surface area (Å²) in [6.45, 7) is 4.17. The maximum Gasteiger partial charge on any atom is 0.433 e. The van der Waals surface area contributed by atoms with E-state index in [4.69, 9.17) is 4.74 Å². The summed E-state index contributed by atoms with van der Waals surface area (Å²) >= 11 is 0. The number of ether oxygens (including phenoxy) is 1. The third-order valence-electron chi connectivity index (χ3n) is 6.63. The van der Waals surface area contributed by atoms with Gasteiger partial charge in [-0.05, 0) is 43.2 Å². The molecule has 1 aliphatic carbocycles. The Hall–Kier alpha value is -1.23. The van der Waals surface area contributed by atoms with Gasteiger partial charge in [0.1, 0.15) is 10.6 Å². The number of rotatable bonds is 4. The van der Waals surface area contributed by atoms with E-state index >= 15 is 0 Å². The van der Waals surface area contributed by atoms with E-state index in [1.54, 1.807) is 0 Å². The number of aromatic nitrogens is 1. The molecule has 3 aliphatic heterocycles. The van der Waals surface area contributed by atoms with E-state index < -0.39 is 21.9 Å². The van der Waals surface area contributed by atoms with Gasteiger partial charge in [-0.1, -0.05) is 0 Å². The summed E-state index contributed by atoms with van der Waals surface area (Å²) in [6, 6.07) is 1.44. The summed E-state index contributed by atoms with van der Waals surface area (Å²) in [5.74, 6) is -0.119. The van der Waals surface area contributed by atoms with Crippen molar-refractivity contribution in [3.63, 3.8) is 0 Å². The topological polar surface area (TPSA) is 62.7 Å². The van der Waals surface area contributed by atoms with Crippen LogP contribution in [-0.4, -0.2) is 68.0 Å². The number of pyridine rings is 1. The highest BCUT2D eigenvalue weighted by Crippen LogP contribution is 2.48. The van der Waals surface area contributed by atoms with E-state index in [2.05, 4.69) is 9.88 Å². The molecule has 4 aliphatic rings. The summed E-state index contributed by atoms with van der Waals surface area (Å²) in [4.78, 5) is 5.77. The zero-order valence-corrected chi connectivity index (χ0v) is 16.8. The first-order chi connectivity index (χ1) is 13.7. The largest absolute Gasteiger partial charge is 0.433 e. The molecule has 160 valence electrons. The van der Waals surface area contributed by atoms with Crippen LogP contribution in [0.4, 0.5) is 13.2 Å². The quantitative estimate of drug-likeness (QED) is 0.733. The molecule has 1 aromatic rings. The number of sulfonamides is 1. The molecule has 5 rings (SSSR count). The fourth-order valence-corrected chi connectivity index (χ4v) is 6.75. The van der Waals surface area contributed by atoms with Crippen LogP contribution in [0.15, 0.2) is 17.2 Å². The van der Waals surface area contributed by atoms with Gasteiger partial charge in [0.25, 0.3) is 0 Å². The molecule has 1 saturated carbocycles. The number of halogens is 3. The molecule has 6 nitrogen and oxygen atoms in total. The summed E-state index contributed by atoms with van der Waals surface area (Å²) in [5.41, 5.74) is -0.764. The van der Waals surface area contributed by atoms with Gasteiger partial charge in [0.05, 0.1) is 0 Å². The van der Waals surface area contributed by atoms with Crippen LogP contribution in [-0.2, 0) is 20.9 Å². The van der Waals surface area contributed by atoms with Gasteiger partial charge < -0.3 is 4.74 Å². The van der Waals surface area contributed by atoms with Gasteiger partial charge in [0.2, 0.25) is 10.0 Å². The van der Waals surface area contributed by atoms with Crippen molar-refractivity contribution >= 4 is 10.0 Å². The second-order valence-electron chi connectivity index (χ2n) is 8.90. The van der Waals surface area contributed by atoms with Crippen molar-refractivity contribution in [1.29, 1.82) is 0 Å². The molecule has 0 aromatic carbocycles. The highest BCUT2D eigenvalue weighted by Gasteiger charge is 2.56. The van der Waals surface area contributed by atoms with Gasteiger partial charge in [-0.3, -0.25) is 9.88 Å². The minimum atomic E-state index is -4.58. The van der Waals surface area contributed by atoms with Crippen LogP contribution in [0.25, 0.3) is 0 Å². The van der Waals surface area contributed by atoms with Crippen molar-refractivity contribution in [2.24, 2.45) is 5.41 Å². The minimum absolute atomic E-state index is 0.00947. The Morgan fingerprint density at radius 2 is 1.72 bits per heavy atom. The van der Waals surface area contributed by atoms with Crippen LogP contribution in [0, 0.1) is 5.41 Å². The highest BCUT2D eigenvalue weighted by atomic mass is 32.2. The average Bonchev–Trinajstić information content (AvgIpc) is 3.44. The Balaban J connectivity index is 1.29. The lowest BCUT2D eigenvalue weighted by atomic mass is 9.73. The van der Waals surface area contributed by atoms with Crippen molar-refractivity contribution in [2.45, 2.75) is 48.7 Å². The monoisotopic (exact) mass is 431 g/mol. The molecule has 10 heteroatoms. The first-order valence-corrected chi connectivity index (χ1v) is 11.5. The number of hydrogen-bond acceptors (Lipinski definition) is 5. The summed E-state index contributed by atoms with van der Waals surface area (Å²) in [5, 5.41) is 0. The molecule has 4 heterocycles. The van der Waals surface area contributed by atoms with Crippen molar-refractivity contribution in [2.75, 3.05) is 39.4 Å². The molecule has 0 radical (unpaired) electrons. The summed E-state index contributed by atoms with van der Waals surface area (Å²) in [7, 11) is -3.82. The van der Waals surface area contributed by atoms with Gasteiger partial charge in [-0.2, -0.15) is 17.5 Å². The van der Waals surface area contributed by atoms with E-state index in [9.17, 15) is 21.6 Å². The van der Waals surface area contributed by atoms with Crippen LogP contribution < -0.4 is 0 Å². The van der Waals surface area contributed by atoms with Crippen molar-refractivity contribution < 1.29 is 26.3 Å². The predicted molar refractivity (Wildman–Crippen MR) is 97.8 cm³/mol. The SMILES string of the molecule is O=S(=O)(c1cnc(C(F)(F)F)cc1C1CC1)N1CC2(CN(C3CCOCC3)C2)C1. The van der Waals surface area contributed by atoms with Gasteiger partial charge in [0, 0.05) is 57.0 Å². The molecule has 0 N–H and O–H groups in total. The Bertz CT molecular complexity index is 897. The highest BCUT2D eigenvalue weighted by molar-refractivity contribution is 7.89. The van der Waals surface area contributed by atoms with Gasteiger partial charge in [-0.15, -0.1) is 0 Å². The third kappa shape index (κ3) is 3.47. The molecule has 3 saturated heterocycles. The second kappa shape index (κ2) is 6.63. The summed E-state index contributed by atoms with van der Waals surface area (Å²) in [6.07, 6.45) is -0.208. The molecule has 0 atom stereocenters. The van der Waals surface area contributed by atoms with Crippen molar-refractivity contribution in [1.82, 2.24) is 14.2 Å². The van der Waals surface area contributed by atoms with Gasteiger partial charge >= 0.3 is 6.18 Å². The van der Waals surface area contributed by atoms with Gasteiger partial charge in [0.15, 0.2) is 0 Å². The van der Waals surface area contributed by atoms with Crippen LogP contribution in [0.3, 0.4) is 0 Å². The first kappa shape index (κ1) is 19.7. The molecule has 0 amide bonds. The van der Waals surface area contributed by atoms with Crippen LogP contribution in [0.5, 0.6) is 0 Å². The summed E-state index contributed by atoms with van der Waals surface area (Å²) < 4.78 is 72.1. The number of nitrogens with zero attached hydrogens (tertiary/aromatic N) is 3. The molecule has 0 unspecified atom stereocenters. The maximum atomic E-state index is 13.1. The first-order valence-electron chi connectivity index (χ1n) is 10.1. The normalized spacial score (nSPS) is 26.3. The third-order valence-corrected chi connectivity index (χ3v) is 8.47. The molecule has 4 fully saturated rings. The second-order valence-corrected chi connectivity index (χ2v) is 10.8. The number of likely N-dealkylation sites (tertiary alicyclic amines) is 1. The fraction of sp³-hybridized carbons (Fsp3) is 0.737. The lowest BCUT2D eigenvalue weighted by Gasteiger charge is -2.61. The van der Waals surface area contributed by atoms with Crippen molar-refractivity contribution in [3.8, 4) is 0 Å². The number of hydrogen-bond donors (Lipinski definition) is 0. The van der Waals surface area contributed by atoms with Crippen molar-refractivity contribution in [3.05, 3.63) is 23.5 Å². The van der Waals surface area contributed by atoms with E-state index in [0.29, 0.717) is 32.0 Å². The zero-order chi connectivity index (χ0) is 20.4. The lowest BCUT2D eigenvalue weighted by molar-refractivity contribution is -0.141. The Kier molecular flexibility index (Phi) is 4.51. The molecule has 29 heavy (non-hydrogen) atoms. The Morgan fingerprint density at radius 1 is 1.07 bits per heavy atom. The smallest absolute Gasteiger partial charge is 0.381 e. The molecule has 1 spiro atoms.